The number of benzene rings is 1. The van der Waals surface area contributed by atoms with Crippen molar-refractivity contribution in [2.24, 2.45) is 4.99 Å². The molecule has 2 aliphatic heterocycles. The fourth-order valence-corrected chi connectivity index (χ4v) is 3.29. The van der Waals surface area contributed by atoms with E-state index >= 15 is 0 Å². The molecule has 1 N–H and O–H groups in total. The molecule has 0 atom stereocenters. The Morgan fingerprint density at radius 1 is 1.22 bits per heavy atom. The monoisotopic (exact) mass is 331 g/mol. The van der Waals surface area contributed by atoms with Crippen LogP contribution in [0.25, 0.3) is 0 Å². The molecular formula is C16H17N3O3S. The molecule has 2 heterocycles. The first kappa shape index (κ1) is 15.7. The van der Waals surface area contributed by atoms with Gasteiger partial charge in [0.05, 0.1) is 17.7 Å². The second-order valence-corrected chi connectivity index (χ2v) is 7.45. The van der Waals surface area contributed by atoms with Crippen LogP contribution in [0.5, 0.6) is 0 Å². The predicted molar refractivity (Wildman–Crippen MR) is 88.9 cm³/mol. The second kappa shape index (κ2) is 5.49. The molecule has 3 amide bonds. The molecule has 0 fully saturated rings. The van der Waals surface area contributed by atoms with Crippen molar-refractivity contribution in [1.82, 2.24) is 10.2 Å². The lowest BCUT2D eigenvalue weighted by molar-refractivity contribution is 0.0507. The lowest BCUT2D eigenvalue weighted by Gasteiger charge is -2.29. The molecule has 1 aromatic rings. The van der Waals surface area contributed by atoms with Gasteiger partial charge in [-0.3, -0.25) is 24.3 Å². The summed E-state index contributed by atoms with van der Waals surface area (Å²) in [6, 6.07) is 4.59. The molecule has 120 valence electrons. The van der Waals surface area contributed by atoms with Gasteiger partial charge in [0.25, 0.3) is 17.7 Å². The van der Waals surface area contributed by atoms with Crippen LogP contribution in [0.2, 0.25) is 0 Å². The minimum absolute atomic E-state index is 0.276. The van der Waals surface area contributed by atoms with E-state index in [0.29, 0.717) is 22.8 Å². The van der Waals surface area contributed by atoms with Crippen molar-refractivity contribution in [2.75, 3.05) is 12.3 Å². The number of imide groups is 1. The van der Waals surface area contributed by atoms with E-state index in [-0.39, 0.29) is 23.3 Å². The Morgan fingerprint density at radius 2 is 1.91 bits per heavy atom. The highest BCUT2D eigenvalue weighted by Gasteiger charge is 2.42. The van der Waals surface area contributed by atoms with E-state index < -0.39 is 5.54 Å². The molecule has 0 saturated heterocycles. The van der Waals surface area contributed by atoms with Gasteiger partial charge in [-0.25, -0.2) is 0 Å². The van der Waals surface area contributed by atoms with Crippen LogP contribution in [0.15, 0.2) is 23.2 Å². The number of thioether (sulfide) groups is 1. The summed E-state index contributed by atoms with van der Waals surface area (Å²) in [5.41, 5.74) is 0.355. The molecule has 2 aliphatic rings. The summed E-state index contributed by atoms with van der Waals surface area (Å²) < 4.78 is 0. The third-order valence-electron chi connectivity index (χ3n) is 3.63. The van der Waals surface area contributed by atoms with Crippen LogP contribution in [0, 0.1) is 0 Å². The Kier molecular flexibility index (Phi) is 3.75. The Hall–Kier alpha value is -2.15. The molecule has 23 heavy (non-hydrogen) atoms. The summed E-state index contributed by atoms with van der Waals surface area (Å²) in [5, 5.41) is 3.31. The number of amidine groups is 1. The van der Waals surface area contributed by atoms with Gasteiger partial charge in [0.2, 0.25) is 0 Å². The summed E-state index contributed by atoms with van der Waals surface area (Å²) in [4.78, 5) is 42.6. The Labute approximate surface area is 138 Å². The fraction of sp³-hybridized carbons (Fsp3) is 0.375. The molecule has 0 unspecified atom stereocenters. The lowest BCUT2D eigenvalue weighted by Crippen LogP contribution is -2.45. The zero-order chi connectivity index (χ0) is 16.8. The zero-order valence-corrected chi connectivity index (χ0v) is 14.0. The van der Waals surface area contributed by atoms with Gasteiger partial charge in [0.1, 0.15) is 0 Å². The summed E-state index contributed by atoms with van der Waals surface area (Å²) in [7, 11) is 0. The van der Waals surface area contributed by atoms with E-state index in [9.17, 15) is 14.4 Å². The lowest BCUT2D eigenvalue weighted by atomic mass is 10.1. The predicted octanol–water partition coefficient (Wildman–Crippen LogP) is 1.91. The molecule has 0 aromatic heterocycles. The van der Waals surface area contributed by atoms with Gasteiger partial charge in [0, 0.05) is 16.9 Å². The maximum Gasteiger partial charge on any atom is 0.262 e. The summed E-state index contributed by atoms with van der Waals surface area (Å²) in [5.74, 6) is -0.150. The molecule has 0 aliphatic carbocycles. The molecular weight excluding hydrogens is 314 g/mol. The van der Waals surface area contributed by atoms with E-state index in [1.165, 1.54) is 22.7 Å². The van der Waals surface area contributed by atoms with E-state index in [2.05, 4.69) is 10.3 Å². The van der Waals surface area contributed by atoms with Crippen molar-refractivity contribution in [1.29, 1.82) is 0 Å². The van der Waals surface area contributed by atoms with Gasteiger partial charge in [-0.2, -0.15) is 0 Å². The highest BCUT2D eigenvalue weighted by Crippen LogP contribution is 2.29. The van der Waals surface area contributed by atoms with Crippen LogP contribution in [0.3, 0.4) is 0 Å². The number of carbonyl (C=O) groups is 3. The van der Waals surface area contributed by atoms with Crippen LogP contribution in [0.1, 0.15) is 51.8 Å². The highest BCUT2D eigenvalue weighted by atomic mass is 32.2. The van der Waals surface area contributed by atoms with Crippen LogP contribution in [0.4, 0.5) is 0 Å². The van der Waals surface area contributed by atoms with Crippen molar-refractivity contribution in [3.05, 3.63) is 34.9 Å². The molecule has 0 spiro atoms. The zero-order valence-electron chi connectivity index (χ0n) is 13.2. The molecule has 0 radical (unpaired) electrons. The number of nitrogens with one attached hydrogen (secondary N) is 1. The minimum Gasteiger partial charge on any atom is -0.301 e. The molecule has 0 saturated carbocycles. The standard InChI is InChI=1S/C16H17N3O3S/c1-16(2,3)19-13(21)10-5-4-9(8-11(10)14(19)22)12(20)18-15-17-6-7-23-15/h4-5,8H,6-7H2,1-3H3,(H,17,18,20). The van der Waals surface area contributed by atoms with E-state index in [1.54, 1.807) is 32.9 Å². The SMILES string of the molecule is CC(C)(C)N1C(=O)c2ccc(C(=O)NC3=NCCS3)cc2C1=O. The first-order chi connectivity index (χ1) is 10.8. The maximum atomic E-state index is 12.5. The number of fused-ring (bicyclic) bond motifs is 1. The number of aliphatic imine (C=N–C) groups is 1. The molecule has 3 rings (SSSR count). The number of hydrogen-bond acceptors (Lipinski definition) is 5. The molecule has 1 aromatic carbocycles. The Balaban J connectivity index is 1.90. The quantitative estimate of drug-likeness (QED) is 0.797. The largest absolute Gasteiger partial charge is 0.301 e. The van der Waals surface area contributed by atoms with Crippen molar-refractivity contribution < 1.29 is 14.4 Å². The summed E-state index contributed by atoms with van der Waals surface area (Å²) in [6.45, 7) is 6.10. The van der Waals surface area contributed by atoms with E-state index in [0.717, 1.165) is 5.75 Å². The molecule has 7 heteroatoms. The third kappa shape index (κ3) is 2.76. The normalized spacial score (nSPS) is 17.3. The topological polar surface area (TPSA) is 78.8 Å². The number of nitrogens with zero attached hydrogens (tertiary/aromatic N) is 2. The van der Waals surface area contributed by atoms with Crippen LogP contribution in [-0.2, 0) is 0 Å². The molecule has 6 nitrogen and oxygen atoms in total. The first-order valence-corrected chi connectivity index (χ1v) is 8.29. The number of rotatable bonds is 1. The Morgan fingerprint density at radius 3 is 2.52 bits per heavy atom. The number of carbonyl (C=O) groups excluding carboxylic acids is 3. The molecule has 0 bridgehead atoms. The fourth-order valence-electron chi connectivity index (χ4n) is 2.57. The van der Waals surface area contributed by atoms with Crippen molar-refractivity contribution >= 4 is 34.7 Å². The van der Waals surface area contributed by atoms with Crippen LogP contribution in [-0.4, -0.2) is 45.6 Å². The summed E-state index contributed by atoms with van der Waals surface area (Å²) in [6.07, 6.45) is 0. The number of amides is 3. The van der Waals surface area contributed by atoms with Gasteiger partial charge in [0.15, 0.2) is 5.17 Å². The number of hydrogen-bond donors (Lipinski definition) is 1. The van der Waals surface area contributed by atoms with Gasteiger partial charge in [-0.1, -0.05) is 11.8 Å². The van der Waals surface area contributed by atoms with Crippen molar-refractivity contribution in [3.8, 4) is 0 Å². The highest BCUT2D eigenvalue weighted by molar-refractivity contribution is 8.14. The van der Waals surface area contributed by atoms with E-state index in [1.807, 2.05) is 0 Å². The van der Waals surface area contributed by atoms with Gasteiger partial charge in [-0.15, -0.1) is 0 Å². The second-order valence-electron chi connectivity index (χ2n) is 6.37. The smallest absolute Gasteiger partial charge is 0.262 e. The van der Waals surface area contributed by atoms with Crippen LogP contribution >= 0.6 is 11.8 Å². The van der Waals surface area contributed by atoms with Gasteiger partial charge >= 0.3 is 0 Å². The minimum atomic E-state index is -0.606. The average molecular weight is 331 g/mol. The summed E-state index contributed by atoms with van der Waals surface area (Å²) >= 11 is 1.48. The third-order valence-corrected chi connectivity index (χ3v) is 4.52. The average Bonchev–Trinajstić information content (AvgIpc) is 3.05. The Bertz CT molecular complexity index is 749. The maximum absolute atomic E-state index is 12.5. The van der Waals surface area contributed by atoms with Crippen molar-refractivity contribution in [2.45, 2.75) is 26.3 Å². The van der Waals surface area contributed by atoms with Gasteiger partial charge < -0.3 is 5.32 Å². The van der Waals surface area contributed by atoms with Crippen molar-refractivity contribution in [3.63, 3.8) is 0 Å². The van der Waals surface area contributed by atoms with Crippen LogP contribution < -0.4 is 5.32 Å². The first-order valence-electron chi connectivity index (χ1n) is 7.30. The van der Waals surface area contributed by atoms with E-state index in [4.69, 9.17) is 0 Å². The van der Waals surface area contributed by atoms with Gasteiger partial charge in [-0.05, 0) is 39.0 Å².